The first-order valence-electron chi connectivity index (χ1n) is 8.24. The van der Waals surface area contributed by atoms with Crippen LogP contribution in [0.1, 0.15) is 18.4 Å². The number of benzene rings is 1. The molecule has 1 amide bonds. The first kappa shape index (κ1) is 21.3. The van der Waals surface area contributed by atoms with Gasteiger partial charge in [-0.3, -0.25) is 4.79 Å². The molecule has 0 radical (unpaired) electrons. The van der Waals surface area contributed by atoms with Crippen molar-refractivity contribution in [1.82, 2.24) is 4.98 Å². The van der Waals surface area contributed by atoms with Gasteiger partial charge in [0, 0.05) is 17.4 Å². The minimum atomic E-state index is -3.40. The second-order valence-corrected chi connectivity index (χ2v) is 11.3. The monoisotopic (exact) mass is 474 g/mol. The van der Waals surface area contributed by atoms with Gasteiger partial charge in [-0.2, -0.15) is 0 Å². The zero-order valence-electron chi connectivity index (χ0n) is 14.7. The maximum atomic E-state index is 12.3. The molecule has 0 aliphatic carbocycles. The minimum absolute atomic E-state index is 0.0877. The largest absolute Gasteiger partial charge is 0.302 e. The molecule has 1 aromatic carbocycles. The van der Waals surface area contributed by atoms with Gasteiger partial charge in [0.2, 0.25) is 5.91 Å². The highest BCUT2D eigenvalue weighted by Crippen LogP contribution is 2.39. The Bertz CT molecular complexity index is 1090. The number of nitrogens with one attached hydrogen (secondary N) is 1. The van der Waals surface area contributed by atoms with E-state index in [9.17, 15) is 13.2 Å². The third-order valence-electron chi connectivity index (χ3n) is 3.88. The number of halogens is 2. The van der Waals surface area contributed by atoms with Crippen molar-refractivity contribution in [2.24, 2.45) is 0 Å². The fourth-order valence-corrected chi connectivity index (χ4v) is 5.96. The Morgan fingerprint density at radius 1 is 1.21 bits per heavy atom. The maximum absolute atomic E-state index is 12.3. The molecule has 0 bridgehead atoms. The van der Waals surface area contributed by atoms with Gasteiger partial charge in [0.25, 0.3) is 0 Å². The number of nitrogens with zero attached hydrogens (tertiary/aromatic N) is 1. The summed E-state index contributed by atoms with van der Waals surface area (Å²) in [5.74, 6) is -0.371. The Kier molecular flexibility index (Phi) is 6.77. The van der Waals surface area contributed by atoms with Crippen molar-refractivity contribution in [2.75, 3.05) is 11.1 Å². The third-order valence-corrected chi connectivity index (χ3v) is 7.94. The molecular weight excluding hydrogens is 459 g/mol. The van der Waals surface area contributed by atoms with E-state index in [2.05, 4.69) is 10.3 Å². The van der Waals surface area contributed by atoms with Gasteiger partial charge in [0.05, 0.1) is 20.7 Å². The molecule has 3 rings (SSSR count). The van der Waals surface area contributed by atoms with Crippen LogP contribution in [-0.2, 0) is 14.6 Å². The fraction of sp³-hybridized carbons (Fsp3) is 0.222. The Hall–Kier alpha value is -1.45. The van der Waals surface area contributed by atoms with Crippen molar-refractivity contribution in [2.45, 2.75) is 24.7 Å². The Morgan fingerprint density at radius 2 is 1.93 bits per heavy atom. The SMILES string of the molecule is Cc1ccc(S(=O)(=O)CCCC(=O)Nc2nc(-c3cc(Cl)sc3Cl)cs2)cc1. The summed E-state index contributed by atoms with van der Waals surface area (Å²) in [6, 6.07) is 8.41. The van der Waals surface area contributed by atoms with Crippen molar-refractivity contribution in [1.29, 1.82) is 0 Å². The molecule has 0 aliphatic rings. The van der Waals surface area contributed by atoms with Gasteiger partial charge in [-0.25, -0.2) is 13.4 Å². The van der Waals surface area contributed by atoms with Crippen molar-refractivity contribution < 1.29 is 13.2 Å². The van der Waals surface area contributed by atoms with Gasteiger partial charge in [-0.15, -0.1) is 22.7 Å². The number of carbonyl (C=O) groups is 1. The highest BCUT2D eigenvalue weighted by Gasteiger charge is 2.16. The van der Waals surface area contributed by atoms with Crippen LogP contribution in [0.25, 0.3) is 11.3 Å². The second-order valence-electron chi connectivity index (χ2n) is 6.06. The first-order chi connectivity index (χ1) is 13.2. The van der Waals surface area contributed by atoms with E-state index in [4.69, 9.17) is 23.2 Å². The number of aryl methyl sites for hydroxylation is 1. The topological polar surface area (TPSA) is 76.1 Å². The number of sulfone groups is 1. The summed E-state index contributed by atoms with van der Waals surface area (Å²) in [5, 5.41) is 4.90. The van der Waals surface area contributed by atoms with Crippen molar-refractivity contribution in [3.8, 4) is 11.3 Å². The summed E-state index contributed by atoms with van der Waals surface area (Å²) in [6.07, 6.45) is 0.317. The normalized spacial score (nSPS) is 11.5. The number of hydrogen-bond donors (Lipinski definition) is 1. The number of aromatic nitrogens is 1. The fourth-order valence-electron chi connectivity index (χ4n) is 2.44. The zero-order valence-corrected chi connectivity index (χ0v) is 18.7. The lowest BCUT2D eigenvalue weighted by Gasteiger charge is -2.05. The van der Waals surface area contributed by atoms with Gasteiger partial charge < -0.3 is 5.32 Å². The van der Waals surface area contributed by atoms with E-state index in [1.807, 2.05) is 6.92 Å². The minimum Gasteiger partial charge on any atom is -0.302 e. The summed E-state index contributed by atoms with van der Waals surface area (Å²) in [4.78, 5) is 16.7. The first-order valence-corrected chi connectivity index (χ1v) is 12.3. The molecule has 3 aromatic rings. The molecule has 0 saturated heterocycles. The quantitative estimate of drug-likeness (QED) is 0.477. The van der Waals surface area contributed by atoms with Crippen molar-refractivity contribution in [3.05, 3.63) is 49.9 Å². The molecule has 0 aliphatic heterocycles. The van der Waals surface area contributed by atoms with E-state index in [-0.39, 0.29) is 29.4 Å². The second kappa shape index (κ2) is 8.92. The lowest BCUT2D eigenvalue weighted by atomic mass is 10.2. The lowest BCUT2D eigenvalue weighted by molar-refractivity contribution is -0.116. The molecule has 2 aromatic heterocycles. The molecule has 1 N–H and O–H groups in total. The van der Waals surface area contributed by atoms with E-state index in [0.717, 1.165) is 11.1 Å². The number of thiazole rings is 1. The molecule has 0 atom stereocenters. The average Bonchev–Trinajstić information content (AvgIpc) is 3.20. The van der Waals surface area contributed by atoms with E-state index < -0.39 is 9.84 Å². The molecule has 10 heteroatoms. The smallest absolute Gasteiger partial charge is 0.226 e. The van der Waals surface area contributed by atoms with Gasteiger partial charge >= 0.3 is 0 Å². The van der Waals surface area contributed by atoms with Gasteiger partial charge in [0.1, 0.15) is 4.34 Å². The summed E-state index contributed by atoms with van der Waals surface area (Å²) >= 11 is 14.6. The number of thiophene rings is 1. The standard InChI is InChI=1S/C18H16Cl2N2O3S3/c1-11-4-6-12(7-5-11)28(24,25)8-2-3-16(23)22-18-21-14(10-26-18)13-9-15(19)27-17(13)20/h4-7,9-10H,2-3,8H2,1H3,(H,21,22,23). The molecule has 0 saturated carbocycles. The maximum Gasteiger partial charge on any atom is 0.226 e. The number of amides is 1. The number of carbonyl (C=O) groups excluding carboxylic acids is 1. The zero-order chi connectivity index (χ0) is 20.3. The molecule has 0 unspecified atom stereocenters. The average molecular weight is 475 g/mol. The van der Waals surface area contributed by atoms with Gasteiger partial charge in [0.15, 0.2) is 15.0 Å². The summed E-state index contributed by atoms with van der Waals surface area (Å²) in [5.41, 5.74) is 2.35. The van der Waals surface area contributed by atoms with Crippen molar-refractivity contribution >= 4 is 66.8 Å². The summed E-state index contributed by atoms with van der Waals surface area (Å²) in [7, 11) is -3.40. The molecule has 5 nitrogen and oxygen atoms in total. The van der Waals surface area contributed by atoms with E-state index in [0.29, 0.717) is 19.5 Å². The van der Waals surface area contributed by atoms with Crippen LogP contribution in [-0.4, -0.2) is 25.1 Å². The van der Waals surface area contributed by atoms with E-state index in [1.54, 1.807) is 35.7 Å². The van der Waals surface area contributed by atoms with Gasteiger partial charge in [-0.1, -0.05) is 40.9 Å². The van der Waals surface area contributed by atoms with Crippen LogP contribution in [0, 0.1) is 6.92 Å². The Morgan fingerprint density at radius 3 is 2.57 bits per heavy atom. The molecule has 0 fully saturated rings. The molecule has 2 heterocycles. The van der Waals surface area contributed by atoms with Gasteiger partial charge in [-0.05, 0) is 31.5 Å². The summed E-state index contributed by atoms with van der Waals surface area (Å²) < 4.78 is 25.7. The Labute approximate surface area is 181 Å². The molecule has 0 spiro atoms. The van der Waals surface area contributed by atoms with E-state index in [1.165, 1.54) is 22.7 Å². The predicted molar refractivity (Wildman–Crippen MR) is 117 cm³/mol. The van der Waals surface area contributed by atoms with Crippen LogP contribution < -0.4 is 5.32 Å². The third kappa shape index (κ3) is 5.33. The molecule has 28 heavy (non-hydrogen) atoms. The highest BCUT2D eigenvalue weighted by molar-refractivity contribution is 7.91. The number of hydrogen-bond acceptors (Lipinski definition) is 6. The predicted octanol–water partition coefficient (Wildman–Crippen LogP) is 5.68. The van der Waals surface area contributed by atoms with Crippen LogP contribution in [0.15, 0.2) is 40.6 Å². The Balaban J connectivity index is 1.54. The highest BCUT2D eigenvalue weighted by atomic mass is 35.5. The van der Waals surface area contributed by atoms with Crippen molar-refractivity contribution in [3.63, 3.8) is 0 Å². The van der Waals surface area contributed by atoms with Crippen LogP contribution in [0.4, 0.5) is 5.13 Å². The van der Waals surface area contributed by atoms with Crippen LogP contribution in [0.3, 0.4) is 0 Å². The van der Waals surface area contributed by atoms with Crippen LogP contribution in [0.5, 0.6) is 0 Å². The number of anilines is 1. The van der Waals surface area contributed by atoms with Crippen LogP contribution >= 0.6 is 45.9 Å². The lowest BCUT2D eigenvalue weighted by Crippen LogP contribution is -2.14. The van der Waals surface area contributed by atoms with E-state index >= 15 is 0 Å². The summed E-state index contributed by atoms with van der Waals surface area (Å²) in [6.45, 7) is 1.89. The molecule has 148 valence electrons. The number of rotatable bonds is 7. The molecular formula is C18H16Cl2N2O3S3. The van der Waals surface area contributed by atoms with Crippen LogP contribution in [0.2, 0.25) is 8.67 Å².